The molecule has 1 saturated heterocycles. The van der Waals surface area contributed by atoms with Crippen LogP contribution in [0.1, 0.15) is 39.5 Å². The first-order valence-corrected chi connectivity index (χ1v) is 7.74. The van der Waals surface area contributed by atoms with Crippen LogP contribution in [-0.4, -0.2) is 52.4 Å². The van der Waals surface area contributed by atoms with Crippen molar-refractivity contribution in [3.8, 4) is 0 Å². The van der Waals surface area contributed by atoms with Crippen molar-refractivity contribution in [2.45, 2.75) is 39.5 Å². The topological polar surface area (TPSA) is 48.1 Å². The van der Waals surface area contributed by atoms with Crippen molar-refractivity contribution >= 4 is 0 Å². The summed E-state index contributed by atoms with van der Waals surface area (Å²) in [5, 5.41) is 13.7. The highest BCUT2D eigenvalue weighted by Crippen LogP contribution is 1.77. The Hall–Kier alpha value is -0.160. The van der Waals surface area contributed by atoms with Gasteiger partial charge in [0.25, 0.3) is 0 Å². The number of hydrogen-bond acceptors (Lipinski definition) is 4. The van der Waals surface area contributed by atoms with Crippen LogP contribution in [0.25, 0.3) is 0 Å². The summed E-state index contributed by atoms with van der Waals surface area (Å²) in [5.74, 6) is 0. The van der Waals surface area contributed by atoms with Crippen LogP contribution in [0, 0.1) is 0 Å². The van der Waals surface area contributed by atoms with Gasteiger partial charge in [-0.1, -0.05) is 26.7 Å². The maximum Gasteiger partial charge on any atom is 0.00767 e. The zero-order valence-electron chi connectivity index (χ0n) is 12.5. The molecule has 1 aliphatic heterocycles. The number of rotatable bonds is 1. The molecule has 0 spiro atoms. The summed E-state index contributed by atoms with van der Waals surface area (Å²) in [6, 6.07) is 0. The van der Waals surface area contributed by atoms with Gasteiger partial charge in [0.1, 0.15) is 0 Å². The Morgan fingerprint density at radius 2 is 0.778 bits per heavy atom. The van der Waals surface area contributed by atoms with Crippen molar-refractivity contribution in [2.24, 2.45) is 0 Å². The highest BCUT2D eigenvalue weighted by atomic mass is 15.0. The van der Waals surface area contributed by atoms with Crippen LogP contribution < -0.4 is 21.3 Å². The Bertz CT molecular complexity index is 86.5. The first-order valence-electron chi connectivity index (χ1n) is 7.74. The van der Waals surface area contributed by atoms with E-state index in [4.69, 9.17) is 0 Å². The summed E-state index contributed by atoms with van der Waals surface area (Å²) in [4.78, 5) is 0. The molecule has 0 atom stereocenters. The molecule has 1 rings (SSSR count). The van der Waals surface area contributed by atoms with E-state index in [9.17, 15) is 0 Å². The molecule has 0 radical (unpaired) electrons. The van der Waals surface area contributed by atoms with Gasteiger partial charge in [-0.3, -0.25) is 0 Å². The normalized spacial score (nSPS) is 20.3. The van der Waals surface area contributed by atoms with Gasteiger partial charge < -0.3 is 21.3 Å². The average molecular weight is 258 g/mol. The van der Waals surface area contributed by atoms with Crippen LogP contribution >= 0.6 is 0 Å². The lowest BCUT2D eigenvalue weighted by molar-refractivity contribution is 0.530. The minimum atomic E-state index is 1.09. The molecule has 0 saturated carbocycles. The molecule has 18 heavy (non-hydrogen) atoms. The molecule has 1 heterocycles. The fourth-order valence-corrected chi connectivity index (χ4v) is 1.53. The summed E-state index contributed by atoms with van der Waals surface area (Å²) < 4.78 is 0. The molecule has 4 N–H and O–H groups in total. The van der Waals surface area contributed by atoms with Crippen LogP contribution in [0.5, 0.6) is 0 Å². The zero-order chi connectivity index (χ0) is 13.3. The van der Waals surface area contributed by atoms with Gasteiger partial charge in [0.15, 0.2) is 0 Å². The molecule has 0 aromatic carbocycles. The van der Waals surface area contributed by atoms with Gasteiger partial charge in [-0.15, -0.1) is 0 Å². The van der Waals surface area contributed by atoms with Crippen LogP contribution in [-0.2, 0) is 0 Å². The van der Waals surface area contributed by atoms with Crippen molar-refractivity contribution in [3.63, 3.8) is 0 Å². The summed E-state index contributed by atoms with van der Waals surface area (Å²) >= 11 is 0. The molecule has 4 heteroatoms. The molecule has 4 nitrogen and oxygen atoms in total. The second-order valence-corrected chi connectivity index (χ2v) is 4.71. The van der Waals surface area contributed by atoms with Gasteiger partial charge in [0, 0.05) is 26.2 Å². The minimum Gasteiger partial charge on any atom is -0.315 e. The van der Waals surface area contributed by atoms with Gasteiger partial charge in [0.2, 0.25) is 0 Å². The lowest BCUT2D eigenvalue weighted by Crippen LogP contribution is -2.34. The van der Waals surface area contributed by atoms with E-state index in [1.807, 2.05) is 0 Å². The van der Waals surface area contributed by atoms with E-state index < -0.39 is 0 Å². The van der Waals surface area contributed by atoms with Crippen LogP contribution in [0.4, 0.5) is 0 Å². The number of hydrogen-bond donors (Lipinski definition) is 4. The van der Waals surface area contributed by atoms with Crippen LogP contribution in [0.3, 0.4) is 0 Å². The van der Waals surface area contributed by atoms with Crippen molar-refractivity contribution in [3.05, 3.63) is 0 Å². The van der Waals surface area contributed by atoms with E-state index in [1.54, 1.807) is 0 Å². The molecule has 0 unspecified atom stereocenters. The molecule has 0 amide bonds. The van der Waals surface area contributed by atoms with E-state index in [-0.39, 0.29) is 0 Å². The van der Waals surface area contributed by atoms with Crippen molar-refractivity contribution in [2.75, 3.05) is 52.4 Å². The fourth-order valence-electron chi connectivity index (χ4n) is 1.53. The second-order valence-electron chi connectivity index (χ2n) is 4.71. The maximum absolute atomic E-state index is 3.42. The summed E-state index contributed by atoms with van der Waals surface area (Å²) in [6.45, 7) is 13.2. The van der Waals surface area contributed by atoms with E-state index in [2.05, 4.69) is 35.1 Å². The van der Waals surface area contributed by atoms with Crippen LogP contribution in [0.2, 0.25) is 0 Å². The molecule has 1 fully saturated rings. The highest BCUT2D eigenvalue weighted by molar-refractivity contribution is 4.58. The molecular formula is C14H34N4. The standard InChI is InChI=1S/C10H24N4.C4H10/c1-3-11-7-9-13-5-2-6-14-10-8-12-4-1;1-3-4-2/h11-14H,1-10H2;3-4H2,1-2H3. The second kappa shape index (κ2) is 16.8. The Kier molecular flexibility index (Phi) is 16.7. The molecule has 0 aliphatic carbocycles. The SMILES string of the molecule is C1CNCCNCCCNCCNC1.CCCC. The van der Waals surface area contributed by atoms with E-state index >= 15 is 0 Å². The Morgan fingerprint density at radius 1 is 0.500 bits per heavy atom. The number of unbranched alkanes of at least 4 members (excludes halogenated alkanes) is 1. The van der Waals surface area contributed by atoms with Gasteiger partial charge >= 0.3 is 0 Å². The summed E-state index contributed by atoms with van der Waals surface area (Å²) in [5.41, 5.74) is 0. The summed E-state index contributed by atoms with van der Waals surface area (Å²) in [6.07, 6.45) is 5.08. The molecule has 0 aromatic heterocycles. The smallest absolute Gasteiger partial charge is 0.00767 e. The predicted octanol–water partition coefficient (Wildman–Crippen LogP) is 0.945. The first-order chi connectivity index (χ1) is 8.91. The Balaban J connectivity index is 0.000000631. The van der Waals surface area contributed by atoms with Crippen molar-refractivity contribution in [1.29, 1.82) is 0 Å². The Labute approximate surface area is 114 Å². The highest BCUT2D eigenvalue weighted by Gasteiger charge is 1.93. The zero-order valence-corrected chi connectivity index (χ0v) is 12.5. The lowest BCUT2D eigenvalue weighted by atomic mass is 10.3. The average Bonchev–Trinajstić information content (AvgIpc) is 2.42. The third-order valence-electron chi connectivity index (χ3n) is 2.87. The largest absolute Gasteiger partial charge is 0.315 e. The Morgan fingerprint density at radius 3 is 1.00 bits per heavy atom. The lowest BCUT2D eigenvalue weighted by Gasteiger charge is -2.10. The van der Waals surface area contributed by atoms with Crippen LogP contribution in [0.15, 0.2) is 0 Å². The van der Waals surface area contributed by atoms with E-state index in [0.717, 1.165) is 52.4 Å². The number of nitrogens with one attached hydrogen (secondary N) is 4. The molecule has 110 valence electrons. The molecular weight excluding hydrogens is 224 g/mol. The monoisotopic (exact) mass is 258 g/mol. The van der Waals surface area contributed by atoms with Crippen molar-refractivity contribution in [1.82, 2.24) is 21.3 Å². The molecule has 0 bridgehead atoms. The first kappa shape index (κ1) is 17.8. The molecule has 1 aliphatic rings. The van der Waals surface area contributed by atoms with E-state index in [0.29, 0.717) is 0 Å². The molecule has 0 aromatic rings. The van der Waals surface area contributed by atoms with Gasteiger partial charge in [-0.2, -0.15) is 0 Å². The van der Waals surface area contributed by atoms with Gasteiger partial charge in [-0.25, -0.2) is 0 Å². The third kappa shape index (κ3) is 15.8. The fraction of sp³-hybridized carbons (Fsp3) is 1.00. The van der Waals surface area contributed by atoms with Gasteiger partial charge in [0.05, 0.1) is 0 Å². The van der Waals surface area contributed by atoms with E-state index in [1.165, 1.54) is 25.7 Å². The summed E-state index contributed by atoms with van der Waals surface area (Å²) in [7, 11) is 0. The van der Waals surface area contributed by atoms with Crippen molar-refractivity contribution < 1.29 is 0 Å². The quantitative estimate of drug-likeness (QED) is 0.565. The maximum atomic E-state index is 3.42. The van der Waals surface area contributed by atoms with Gasteiger partial charge in [-0.05, 0) is 39.0 Å². The third-order valence-corrected chi connectivity index (χ3v) is 2.87. The predicted molar refractivity (Wildman–Crippen MR) is 81.3 cm³/mol. The minimum absolute atomic E-state index is 1.09.